The minimum Gasteiger partial charge on any atom is -0.444 e. The van der Waals surface area contributed by atoms with Gasteiger partial charge in [0, 0.05) is 51.5 Å². The van der Waals surface area contributed by atoms with Gasteiger partial charge < -0.3 is 25.6 Å². The SMILES string of the molecule is CC(=O)CN(CC(C)=O)[C@@H](CCCCNC(=O)CCNC(=O)CCNC(=O)CCCCN(C(=O)OC(C)(C)C)C1CC[C@@]2(C)C(=CCC3C2CC[C@@]2(C)C3CC[C@@H]2C(C)CCCC(C)C)C1)C(C)=O. The van der Waals surface area contributed by atoms with E-state index in [0.29, 0.717) is 62.9 Å². The smallest absolute Gasteiger partial charge is 0.410 e. The van der Waals surface area contributed by atoms with Gasteiger partial charge >= 0.3 is 6.09 Å². The molecule has 0 aliphatic heterocycles. The Morgan fingerprint density at radius 3 is 1.93 bits per heavy atom. The quantitative estimate of drug-likeness (QED) is 0.0510. The van der Waals surface area contributed by atoms with Crippen LogP contribution in [0.15, 0.2) is 11.6 Å². The number of nitrogens with zero attached hydrogens (tertiary/aromatic N) is 2. The lowest BCUT2D eigenvalue weighted by Gasteiger charge is -2.59. The van der Waals surface area contributed by atoms with E-state index in [1.165, 1.54) is 72.1 Å². The number of Topliss-reactive ketones (excluding diaryl/α,β-unsaturated/α-hetero) is 3. The van der Waals surface area contributed by atoms with Crippen molar-refractivity contribution in [3.63, 3.8) is 0 Å². The van der Waals surface area contributed by atoms with Crippen molar-refractivity contribution < 1.29 is 38.3 Å². The number of ketones is 3. The molecule has 0 aromatic carbocycles. The van der Waals surface area contributed by atoms with E-state index in [9.17, 15) is 33.6 Å². The molecule has 0 aromatic heterocycles. The fourth-order valence-corrected chi connectivity index (χ4v) is 13.3. The van der Waals surface area contributed by atoms with Gasteiger partial charge in [0.2, 0.25) is 17.7 Å². The number of allylic oxidation sites excluding steroid dienone is 1. The summed E-state index contributed by atoms with van der Waals surface area (Å²) in [6.45, 7) is 23.9. The Balaban J connectivity index is 1.16. The molecule has 4 rings (SSSR count). The molecule has 0 aromatic rings. The first-order valence-corrected chi connectivity index (χ1v) is 27.2. The molecule has 13 nitrogen and oxygen atoms in total. The molecular formula is C56H95N5O8. The normalized spacial score (nSPS) is 26.2. The fraction of sp³-hybridized carbons (Fsp3) is 0.839. The van der Waals surface area contributed by atoms with Crippen LogP contribution in [0.2, 0.25) is 0 Å². The number of fused-ring (bicyclic) bond motifs is 5. The lowest BCUT2D eigenvalue weighted by Crippen LogP contribution is -2.53. The van der Waals surface area contributed by atoms with Crippen molar-refractivity contribution in [3.05, 3.63) is 11.6 Å². The molecule has 4 aliphatic carbocycles. The number of carbonyl (C=O) groups excluding carboxylic acids is 7. The number of amides is 4. The summed E-state index contributed by atoms with van der Waals surface area (Å²) in [5, 5.41) is 8.41. The van der Waals surface area contributed by atoms with E-state index in [4.69, 9.17) is 4.74 Å². The Bertz CT molecular complexity index is 1770. The molecule has 3 N–H and O–H groups in total. The molecule has 13 heteroatoms. The summed E-state index contributed by atoms with van der Waals surface area (Å²) in [5.74, 6) is 3.76. The lowest BCUT2D eigenvalue weighted by atomic mass is 9.46. The number of carbonyl (C=O) groups is 7. The Morgan fingerprint density at radius 1 is 0.710 bits per heavy atom. The standard InChI is InChI=1S/C56H95N5O8/c1-38(2)17-16-18-39(3)46-23-24-47-45-22-21-43-35-44(25-29-55(43,10)48(45)26-30-56(46,47)11)61(53(68)69-54(7,8)9)34-15-13-20-50(65)58-32-28-52(67)59-33-27-51(66)57-31-14-12-19-49(42(6)64)60(36-40(4)62)37-41(5)63/h21,38-39,44-49H,12-20,22-37H2,1-11H3,(H,57,66)(H,58,65)(H,59,67)/t39?,44?,45?,46-,47?,48?,49+,55+,56-/m1/s1. The Hall–Kier alpha value is -3.61. The number of hydrogen-bond donors (Lipinski definition) is 3. The highest BCUT2D eigenvalue weighted by Gasteiger charge is 2.59. The van der Waals surface area contributed by atoms with Gasteiger partial charge in [-0.1, -0.05) is 65.5 Å². The van der Waals surface area contributed by atoms with E-state index in [2.05, 4.69) is 56.6 Å². The Morgan fingerprint density at radius 2 is 1.33 bits per heavy atom. The monoisotopic (exact) mass is 966 g/mol. The van der Waals surface area contributed by atoms with Crippen LogP contribution in [0.5, 0.6) is 0 Å². The summed E-state index contributed by atoms with van der Waals surface area (Å²) in [5.41, 5.74) is 1.57. The van der Waals surface area contributed by atoms with Gasteiger partial charge in [0.15, 0.2) is 0 Å². The van der Waals surface area contributed by atoms with E-state index in [1.54, 1.807) is 10.5 Å². The zero-order chi connectivity index (χ0) is 51.1. The second-order valence-corrected chi connectivity index (χ2v) is 23.8. The van der Waals surface area contributed by atoms with Gasteiger partial charge in [-0.15, -0.1) is 0 Å². The van der Waals surface area contributed by atoms with Gasteiger partial charge in [-0.2, -0.15) is 0 Å². The number of rotatable bonds is 28. The zero-order valence-electron chi connectivity index (χ0n) is 45.0. The van der Waals surface area contributed by atoms with Crippen molar-refractivity contribution in [1.29, 1.82) is 0 Å². The average molecular weight is 966 g/mol. The molecule has 0 saturated heterocycles. The van der Waals surface area contributed by atoms with Crippen LogP contribution in [0.1, 0.15) is 198 Å². The van der Waals surface area contributed by atoms with Crippen molar-refractivity contribution >= 4 is 41.2 Å². The van der Waals surface area contributed by atoms with Crippen LogP contribution < -0.4 is 16.0 Å². The summed E-state index contributed by atoms with van der Waals surface area (Å²) < 4.78 is 5.98. The first kappa shape index (κ1) is 58.0. The number of ether oxygens (including phenoxy) is 1. The molecule has 4 aliphatic rings. The largest absolute Gasteiger partial charge is 0.444 e. The van der Waals surface area contributed by atoms with Gasteiger partial charge in [-0.25, -0.2) is 4.79 Å². The third-order valence-electron chi connectivity index (χ3n) is 16.7. The van der Waals surface area contributed by atoms with Crippen LogP contribution in [-0.2, 0) is 33.5 Å². The van der Waals surface area contributed by atoms with Crippen molar-refractivity contribution in [1.82, 2.24) is 25.8 Å². The van der Waals surface area contributed by atoms with E-state index >= 15 is 0 Å². The minimum atomic E-state index is -0.612. The molecule has 3 saturated carbocycles. The second-order valence-electron chi connectivity index (χ2n) is 23.8. The topological polar surface area (TPSA) is 171 Å². The lowest BCUT2D eigenvalue weighted by molar-refractivity contribution is -0.128. The highest BCUT2D eigenvalue weighted by molar-refractivity contribution is 5.85. The van der Waals surface area contributed by atoms with E-state index in [1.807, 2.05) is 25.7 Å². The maximum absolute atomic E-state index is 13.8. The van der Waals surface area contributed by atoms with E-state index in [-0.39, 0.29) is 91.6 Å². The average Bonchev–Trinajstić information content (AvgIpc) is 3.60. The molecule has 0 spiro atoms. The van der Waals surface area contributed by atoms with Gasteiger partial charge in [-0.3, -0.25) is 33.7 Å². The number of hydrogen-bond acceptors (Lipinski definition) is 9. The maximum Gasteiger partial charge on any atom is 0.410 e. The summed E-state index contributed by atoms with van der Waals surface area (Å²) in [6.07, 6.45) is 19.4. The first-order chi connectivity index (χ1) is 32.4. The first-order valence-electron chi connectivity index (χ1n) is 27.2. The molecular weight excluding hydrogens is 871 g/mol. The van der Waals surface area contributed by atoms with Crippen molar-refractivity contribution in [2.75, 3.05) is 39.3 Å². The number of nitrogens with one attached hydrogen (secondary N) is 3. The van der Waals surface area contributed by atoms with Gasteiger partial charge in [0.05, 0.1) is 19.1 Å². The van der Waals surface area contributed by atoms with Crippen LogP contribution in [-0.4, -0.2) is 108 Å². The Labute approximate surface area is 417 Å². The van der Waals surface area contributed by atoms with Crippen LogP contribution in [0.3, 0.4) is 0 Å². The van der Waals surface area contributed by atoms with Crippen molar-refractivity contribution in [2.45, 2.75) is 216 Å². The third-order valence-corrected chi connectivity index (χ3v) is 16.7. The summed E-state index contributed by atoms with van der Waals surface area (Å²) in [7, 11) is 0. The molecule has 392 valence electrons. The molecule has 9 atom stereocenters. The van der Waals surface area contributed by atoms with Crippen LogP contribution in [0, 0.1) is 46.3 Å². The van der Waals surface area contributed by atoms with E-state index < -0.39 is 11.6 Å². The highest BCUT2D eigenvalue weighted by Crippen LogP contribution is 2.67. The second kappa shape index (κ2) is 26.7. The molecule has 0 bridgehead atoms. The summed E-state index contributed by atoms with van der Waals surface area (Å²) >= 11 is 0. The van der Waals surface area contributed by atoms with Gasteiger partial charge in [0.1, 0.15) is 23.0 Å². The molecule has 3 fully saturated rings. The third kappa shape index (κ3) is 17.3. The highest BCUT2D eigenvalue weighted by atomic mass is 16.6. The maximum atomic E-state index is 13.8. The van der Waals surface area contributed by atoms with Gasteiger partial charge in [0.25, 0.3) is 0 Å². The van der Waals surface area contributed by atoms with Crippen LogP contribution >= 0.6 is 0 Å². The summed E-state index contributed by atoms with van der Waals surface area (Å²) in [6, 6.07) is -0.464. The predicted molar refractivity (Wildman–Crippen MR) is 273 cm³/mol. The predicted octanol–water partition coefficient (Wildman–Crippen LogP) is 9.54. The van der Waals surface area contributed by atoms with E-state index in [0.717, 1.165) is 48.9 Å². The molecule has 69 heavy (non-hydrogen) atoms. The molecule has 4 amide bonds. The van der Waals surface area contributed by atoms with Gasteiger partial charge in [-0.05, 0) is 171 Å². The molecule has 0 radical (unpaired) electrons. The van der Waals surface area contributed by atoms with Crippen molar-refractivity contribution in [3.8, 4) is 0 Å². The summed E-state index contributed by atoms with van der Waals surface area (Å²) in [4.78, 5) is 90.7. The molecule has 5 unspecified atom stereocenters. The fourth-order valence-electron chi connectivity index (χ4n) is 13.3. The molecule has 0 heterocycles. The Kier molecular flexibility index (Phi) is 22.5. The zero-order valence-corrected chi connectivity index (χ0v) is 45.0. The van der Waals surface area contributed by atoms with Crippen LogP contribution in [0.25, 0.3) is 0 Å². The number of unbranched alkanes of at least 4 members (excludes halogenated alkanes) is 2. The minimum absolute atomic E-state index is 0.0367. The van der Waals surface area contributed by atoms with Crippen LogP contribution in [0.4, 0.5) is 4.79 Å². The van der Waals surface area contributed by atoms with Crippen molar-refractivity contribution in [2.24, 2.45) is 46.3 Å².